The normalized spacial score (nSPS) is 11.6. The molecule has 0 amide bonds. The Morgan fingerprint density at radius 1 is 1.55 bits per heavy atom. The van der Waals surface area contributed by atoms with Gasteiger partial charge in [0.1, 0.15) is 12.9 Å². The van der Waals surface area contributed by atoms with Crippen molar-refractivity contribution >= 4 is 6.21 Å². The molecule has 0 saturated heterocycles. The molecule has 0 heterocycles. The Hall–Kier alpha value is -1.38. The first kappa shape index (κ1) is 7.72. The molecule has 0 unspecified atom stereocenters. The second kappa shape index (κ2) is 3.14. The smallest absolute Gasteiger partial charge is 0.181 e. The first-order valence-corrected chi connectivity index (χ1v) is 3.19. The van der Waals surface area contributed by atoms with Gasteiger partial charge in [-0.05, 0) is 18.2 Å². The lowest BCUT2D eigenvalue weighted by Crippen LogP contribution is -1.97. The summed E-state index contributed by atoms with van der Waals surface area (Å²) in [5.41, 5.74) is 0.572. The van der Waals surface area contributed by atoms with E-state index in [4.69, 9.17) is 0 Å². The van der Waals surface area contributed by atoms with Crippen LogP contribution in [-0.4, -0.2) is 18.0 Å². The standard InChI is InChI=1S/C8H8FNO/c1-10(11)6-7-3-2-4-8(9)5-7/h2-6H,1H3. The highest BCUT2D eigenvalue weighted by Gasteiger charge is 1.93. The van der Waals surface area contributed by atoms with Gasteiger partial charge in [0.05, 0.1) is 0 Å². The van der Waals surface area contributed by atoms with Gasteiger partial charge in [-0.2, -0.15) is 0 Å². The van der Waals surface area contributed by atoms with Crippen LogP contribution in [0.3, 0.4) is 0 Å². The van der Waals surface area contributed by atoms with Crippen molar-refractivity contribution in [3.63, 3.8) is 0 Å². The third-order valence-corrected chi connectivity index (χ3v) is 1.18. The fourth-order valence-electron chi connectivity index (χ4n) is 0.797. The zero-order valence-corrected chi connectivity index (χ0v) is 6.12. The van der Waals surface area contributed by atoms with Crippen molar-refractivity contribution in [3.8, 4) is 0 Å². The molecule has 0 saturated carbocycles. The van der Waals surface area contributed by atoms with E-state index in [1.165, 1.54) is 25.4 Å². The molecule has 0 N–H and O–H groups in total. The molecule has 3 heteroatoms. The molecule has 0 aliphatic heterocycles. The van der Waals surface area contributed by atoms with E-state index in [2.05, 4.69) is 0 Å². The van der Waals surface area contributed by atoms with Crippen LogP contribution < -0.4 is 0 Å². The summed E-state index contributed by atoms with van der Waals surface area (Å²) in [6, 6.07) is 5.86. The van der Waals surface area contributed by atoms with Gasteiger partial charge < -0.3 is 5.21 Å². The van der Waals surface area contributed by atoms with Gasteiger partial charge in [0.25, 0.3) is 0 Å². The van der Waals surface area contributed by atoms with Crippen LogP contribution in [0.15, 0.2) is 24.3 Å². The number of hydroxylamine groups is 1. The minimum absolute atomic E-state index is 0.333. The van der Waals surface area contributed by atoms with Gasteiger partial charge in [-0.1, -0.05) is 6.07 Å². The largest absolute Gasteiger partial charge is 0.624 e. The van der Waals surface area contributed by atoms with Gasteiger partial charge in [0.15, 0.2) is 6.21 Å². The van der Waals surface area contributed by atoms with Crippen LogP contribution in [0.1, 0.15) is 5.56 Å². The van der Waals surface area contributed by atoms with Crippen molar-refractivity contribution in [1.29, 1.82) is 0 Å². The van der Waals surface area contributed by atoms with Crippen molar-refractivity contribution < 1.29 is 9.13 Å². The predicted molar refractivity (Wildman–Crippen MR) is 41.1 cm³/mol. The summed E-state index contributed by atoms with van der Waals surface area (Å²) in [5.74, 6) is -0.333. The van der Waals surface area contributed by atoms with Crippen molar-refractivity contribution in [2.24, 2.45) is 0 Å². The highest BCUT2D eigenvalue weighted by atomic mass is 19.1. The summed E-state index contributed by atoms with van der Waals surface area (Å²) in [5, 5.41) is 10.5. The number of hydrogen-bond donors (Lipinski definition) is 0. The summed E-state index contributed by atoms with van der Waals surface area (Å²) < 4.78 is 13.1. The molecule has 2 nitrogen and oxygen atoms in total. The zero-order chi connectivity index (χ0) is 8.27. The maximum Gasteiger partial charge on any atom is 0.181 e. The molecule has 0 spiro atoms. The second-order valence-corrected chi connectivity index (χ2v) is 2.23. The summed E-state index contributed by atoms with van der Waals surface area (Å²) in [6.07, 6.45) is 1.31. The molecule has 11 heavy (non-hydrogen) atoms. The third kappa shape index (κ3) is 2.37. The molecular weight excluding hydrogens is 145 g/mol. The van der Waals surface area contributed by atoms with Crippen LogP contribution in [0.5, 0.6) is 0 Å². The highest BCUT2D eigenvalue weighted by molar-refractivity contribution is 5.75. The van der Waals surface area contributed by atoms with Gasteiger partial charge in [-0.15, -0.1) is 0 Å². The Morgan fingerprint density at radius 2 is 2.27 bits per heavy atom. The van der Waals surface area contributed by atoms with Gasteiger partial charge in [-0.3, -0.25) is 0 Å². The molecule has 0 aromatic heterocycles. The lowest BCUT2D eigenvalue weighted by atomic mass is 10.2. The van der Waals surface area contributed by atoms with Crippen LogP contribution >= 0.6 is 0 Å². The number of rotatable bonds is 1. The Morgan fingerprint density at radius 3 is 2.82 bits per heavy atom. The van der Waals surface area contributed by atoms with Crippen LogP contribution in [0.2, 0.25) is 0 Å². The van der Waals surface area contributed by atoms with Crippen LogP contribution in [0.4, 0.5) is 4.39 Å². The van der Waals surface area contributed by atoms with Crippen molar-refractivity contribution in [2.75, 3.05) is 7.05 Å². The number of benzene rings is 1. The first-order valence-electron chi connectivity index (χ1n) is 3.19. The molecule has 0 aliphatic carbocycles. The Balaban J connectivity index is 2.97. The Labute approximate surface area is 64.2 Å². The average molecular weight is 153 g/mol. The fraction of sp³-hybridized carbons (Fsp3) is 0.125. The van der Waals surface area contributed by atoms with Crippen LogP contribution in [0.25, 0.3) is 0 Å². The molecule has 0 radical (unpaired) electrons. The predicted octanol–water partition coefficient (Wildman–Crippen LogP) is 1.38. The van der Waals surface area contributed by atoms with E-state index < -0.39 is 0 Å². The third-order valence-electron chi connectivity index (χ3n) is 1.18. The topological polar surface area (TPSA) is 26.1 Å². The van der Waals surface area contributed by atoms with Gasteiger partial charge in [0, 0.05) is 5.56 Å². The van der Waals surface area contributed by atoms with E-state index >= 15 is 0 Å². The quantitative estimate of drug-likeness (QED) is 0.259. The molecule has 58 valence electrons. The lowest BCUT2D eigenvalue weighted by molar-refractivity contribution is -0.416. The van der Waals surface area contributed by atoms with E-state index in [0.29, 0.717) is 10.3 Å². The van der Waals surface area contributed by atoms with Crippen LogP contribution in [-0.2, 0) is 0 Å². The molecule has 0 fully saturated rings. The van der Waals surface area contributed by atoms with Crippen LogP contribution in [0, 0.1) is 11.0 Å². The monoisotopic (exact) mass is 153 g/mol. The zero-order valence-electron chi connectivity index (χ0n) is 6.12. The van der Waals surface area contributed by atoms with E-state index in [1.807, 2.05) is 0 Å². The highest BCUT2D eigenvalue weighted by Crippen LogP contribution is 1.99. The number of nitrogens with zero attached hydrogens (tertiary/aromatic N) is 1. The van der Waals surface area contributed by atoms with Crippen molar-refractivity contribution in [2.45, 2.75) is 0 Å². The molecule has 1 rings (SSSR count). The van der Waals surface area contributed by atoms with Crippen molar-refractivity contribution in [3.05, 3.63) is 40.9 Å². The summed E-state index contributed by atoms with van der Waals surface area (Å²) >= 11 is 0. The van der Waals surface area contributed by atoms with Gasteiger partial charge >= 0.3 is 0 Å². The maximum absolute atomic E-state index is 12.5. The molecule has 1 aromatic carbocycles. The number of halogens is 1. The minimum atomic E-state index is -0.333. The second-order valence-electron chi connectivity index (χ2n) is 2.23. The Kier molecular flexibility index (Phi) is 2.21. The molecule has 0 aliphatic rings. The molecule has 0 atom stereocenters. The molecular formula is C8H8FNO. The fourth-order valence-corrected chi connectivity index (χ4v) is 0.797. The van der Waals surface area contributed by atoms with E-state index in [0.717, 1.165) is 0 Å². The van der Waals surface area contributed by atoms with E-state index in [9.17, 15) is 9.60 Å². The summed E-state index contributed by atoms with van der Waals surface area (Å²) in [6.45, 7) is 0. The SMILES string of the molecule is C[N+]([O-])=Cc1cccc(F)c1. The summed E-state index contributed by atoms with van der Waals surface area (Å²) in [4.78, 5) is 0. The van der Waals surface area contributed by atoms with Crippen molar-refractivity contribution in [1.82, 2.24) is 0 Å². The minimum Gasteiger partial charge on any atom is -0.624 e. The molecule has 0 bridgehead atoms. The van der Waals surface area contributed by atoms with E-state index in [1.54, 1.807) is 12.1 Å². The average Bonchev–Trinajstić information content (AvgIpc) is 1.85. The lowest BCUT2D eigenvalue weighted by Gasteiger charge is -1.94. The van der Waals surface area contributed by atoms with Gasteiger partial charge in [0.2, 0.25) is 0 Å². The van der Waals surface area contributed by atoms with Gasteiger partial charge in [-0.25, -0.2) is 9.13 Å². The van der Waals surface area contributed by atoms with E-state index in [-0.39, 0.29) is 5.82 Å². The molecule has 1 aromatic rings. The number of hydrogen-bond acceptors (Lipinski definition) is 1. The maximum atomic E-state index is 12.5. The first-order chi connectivity index (χ1) is 5.18. The Bertz CT molecular complexity index is 279. The summed E-state index contributed by atoms with van der Waals surface area (Å²) in [7, 11) is 1.35.